The van der Waals surface area contributed by atoms with Crippen LogP contribution in [-0.4, -0.2) is 12.0 Å². The fraction of sp³-hybridized carbons (Fsp3) is 0.0909. The Labute approximate surface area is 93.1 Å². The fourth-order valence-corrected chi connectivity index (χ4v) is 0.923. The Kier molecular flexibility index (Phi) is 4.59. The van der Waals surface area contributed by atoms with Crippen LogP contribution in [0.4, 0.5) is 4.79 Å². The van der Waals surface area contributed by atoms with E-state index >= 15 is 0 Å². The second kappa shape index (κ2) is 6.23. The highest BCUT2D eigenvalue weighted by molar-refractivity contribution is 5.88. The second-order valence-corrected chi connectivity index (χ2v) is 2.88. The molecule has 16 heavy (non-hydrogen) atoms. The lowest BCUT2D eigenvalue weighted by Gasteiger charge is -2.06. The highest BCUT2D eigenvalue weighted by Crippen LogP contribution is 1.99. The van der Waals surface area contributed by atoms with E-state index in [4.69, 9.17) is 4.74 Å². The van der Waals surface area contributed by atoms with E-state index in [1.165, 1.54) is 0 Å². The molecule has 0 aliphatic carbocycles. The number of hydrazine groups is 1. The van der Waals surface area contributed by atoms with Crippen LogP contribution < -0.4 is 10.9 Å². The van der Waals surface area contributed by atoms with E-state index in [1.54, 1.807) is 0 Å². The molecule has 0 spiro atoms. The van der Waals surface area contributed by atoms with Crippen molar-refractivity contribution < 1.29 is 14.3 Å². The Morgan fingerprint density at radius 1 is 1.25 bits per heavy atom. The second-order valence-electron chi connectivity index (χ2n) is 2.88. The molecule has 1 rings (SSSR count). The summed E-state index contributed by atoms with van der Waals surface area (Å²) >= 11 is 0. The van der Waals surface area contributed by atoms with Crippen molar-refractivity contribution >= 4 is 12.0 Å². The first-order valence-corrected chi connectivity index (χ1v) is 4.61. The van der Waals surface area contributed by atoms with Gasteiger partial charge in [0.05, 0.1) is 0 Å². The zero-order valence-corrected chi connectivity index (χ0v) is 8.60. The first-order chi connectivity index (χ1) is 7.72. The van der Waals surface area contributed by atoms with E-state index in [0.29, 0.717) is 0 Å². The van der Waals surface area contributed by atoms with E-state index in [1.807, 2.05) is 30.3 Å². The Hall–Kier alpha value is -2.30. The van der Waals surface area contributed by atoms with Crippen molar-refractivity contribution in [2.75, 3.05) is 0 Å². The van der Waals surface area contributed by atoms with Gasteiger partial charge in [-0.25, -0.2) is 10.2 Å². The third-order valence-corrected chi connectivity index (χ3v) is 1.69. The molecule has 0 radical (unpaired) electrons. The minimum Gasteiger partial charge on any atom is -0.443 e. The van der Waals surface area contributed by atoms with Crippen LogP contribution in [0.2, 0.25) is 0 Å². The molecule has 0 bridgehead atoms. The lowest BCUT2D eigenvalue weighted by Crippen LogP contribution is -2.40. The molecular formula is C11H12N2O3. The quantitative estimate of drug-likeness (QED) is 0.592. The number of benzene rings is 1. The Balaban J connectivity index is 2.25. The van der Waals surface area contributed by atoms with Crippen LogP contribution in [0.3, 0.4) is 0 Å². The molecular weight excluding hydrogens is 208 g/mol. The number of hydrogen-bond acceptors (Lipinski definition) is 3. The maximum Gasteiger partial charge on any atom is 0.426 e. The summed E-state index contributed by atoms with van der Waals surface area (Å²) in [6, 6.07) is 9.21. The van der Waals surface area contributed by atoms with Gasteiger partial charge in [0.25, 0.3) is 5.91 Å². The van der Waals surface area contributed by atoms with Gasteiger partial charge in [-0.2, -0.15) is 0 Å². The summed E-state index contributed by atoms with van der Waals surface area (Å²) in [6.07, 6.45) is 0.316. The topological polar surface area (TPSA) is 67.4 Å². The van der Waals surface area contributed by atoms with Crippen molar-refractivity contribution in [1.29, 1.82) is 0 Å². The van der Waals surface area contributed by atoms with Crippen LogP contribution in [0.15, 0.2) is 43.0 Å². The highest BCUT2D eigenvalue weighted by atomic mass is 16.6. The largest absolute Gasteiger partial charge is 0.443 e. The molecule has 2 N–H and O–H groups in total. The molecule has 1 aromatic rings. The van der Waals surface area contributed by atoms with Crippen molar-refractivity contribution in [3.63, 3.8) is 0 Å². The summed E-state index contributed by atoms with van der Waals surface area (Å²) in [5, 5.41) is 0. The minimum atomic E-state index is -0.723. The molecule has 0 aromatic heterocycles. The molecule has 0 atom stereocenters. The number of ether oxygens (including phenoxy) is 1. The molecule has 0 heterocycles. The molecule has 0 saturated heterocycles. The summed E-state index contributed by atoms with van der Waals surface area (Å²) in [5.41, 5.74) is 5.03. The molecule has 2 amide bonds. The Bertz CT molecular complexity index is 376. The van der Waals surface area contributed by atoms with Gasteiger partial charge in [-0.3, -0.25) is 10.2 Å². The van der Waals surface area contributed by atoms with Crippen LogP contribution in [0.5, 0.6) is 0 Å². The predicted molar refractivity (Wildman–Crippen MR) is 58.1 cm³/mol. The molecule has 5 heteroatoms. The number of hydrogen-bond donors (Lipinski definition) is 2. The zero-order chi connectivity index (χ0) is 11.8. The van der Waals surface area contributed by atoms with Crippen LogP contribution in [0, 0.1) is 0 Å². The van der Waals surface area contributed by atoms with Gasteiger partial charge in [-0.1, -0.05) is 36.9 Å². The molecule has 1 aromatic carbocycles. The van der Waals surface area contributed by atoms with Gasteiger partial charge in [-0.05, 0) is 11.6 Å². The molecule has 5 nitrogen and oxygen atoms in total. The van der Waals surface area contributed by atoms with Crippen LogP contribution >= 0.6 is 0 Å². The molecule has 0 fully saturated rings. The van der Waals surface area contributed by atoms with Gasteiger partial charge in [0.1, 0.15) is 6.61 Å². The monoisotopic (exact) mass is 220 g/mol. The standard InChI is InChI=1S/C11H12N2O3/c1-2-10(14)12-13-11(15)16-8-9-6-4-3-5-7-9/h2-7H,1,8H2,(H,12,14)(H,13,15). The van der Waals surface area contributed by atoms with Crippen molar-refractivity contribution in [2.45, 2.75) is 6.61 Å². The van der Waals surface area contributed by atoms with E-state index in [0.717, 1.165) is 11.6 Å². The van der Waals surface area contributed by atoms with Gasteiger partial charge < -0.3 is 4.74 Å². The maximum absolute atomic E-state index is 11.1. The van der Waals surface area contributed by atoms with Gasteiger partial charge in [0, 0.05) is 0 Å². The van der Waals surface area contributed by atoms with E-state index in [2.05, 4.69) is 17.4 Å². The predicted octanol–water partition coefficient (Wildman–Crippen LogP) is 1.13. The highest BCUT2D eigenvalue weighted by Gasteiger charge is 2.02. The van der Waals surface area contributed by atoms with Crippen LogP contribution in [0.1, 0.15) is 5.56 Å². The number of amides is 2. The normalized spacial score (nSPS) is 9.00. The summed E-state index contributed by atoms with van der Waals surface area (Å²) in [4.78, 5) is 21.7. The van der Waals surface area contributed by atoms with Gasteiger partial charge in [-0.15, -0.1) is 0 Å². The van der Waals surface area contributed by atoms with Gasteiger partial charge >= 0.3 is 6.09 Å². The molecule has 0 saturated carbocycles. The summed E-state index contributed by atoms with van der Waals surface area (Å²) < 4.78 is 4.82. The van der Waals surface area contributed by atoms with Crippen LogP contribution in [-0.2, 0) is 16.1 Å². The number of rotatable bonds is 3. The summed E-state index contributed by atoms with van der Waals surface area (Å²) in [5.74, 6) is -0.503. The third-order valence-electron chi connectivity index (χ3n) is 1.69. The average molecular weight is 220 g/mol. The van der Waals surface area contributed by atoms with Gasteiger partial charge in [0.15, 0.2) is 0 Å². The van der Waals surface area contributed by atoms with E-state index in [9.17, 15) is 9.59 Å². The van der Waals surface area contributed by atoms with Crippen molar-refractivity contribution in [3.05, 3.63) is 48.6 Å². The minimum absolute atomic E-state index is 0.149. The molecule has 84 valence electrons. The molecule has 0 unspecified atom stereocenters. The maximum atomic E-state index is 11.1. The Morgan fingerprint density at radius 2 is 1.94 bits per heavy atom. The summed E-state index contributed by atoms with van der Waals surface area (Å²) in [7, 11) is 0. The lowest BCUT2D eigenvalue weighted by atomic mass is 10.2. The first kappa shape index (κ1) is 11.8. The van der Waals surface area contributed by atoms with E-state index < -0.39 is 12.0 Å². The van der Waals surface area contributed by atoms with Crippen molar-refractivity contribution in [2.24, 2.45) is 0 Å². The number of carbonyl (C=O) groups excluding carboxylic acids is 2. The van der Waals surface area contributed by atoms with Crippen molar-refractivity contribution in [3.8, 4) is 0 Å². The Morgan fingerprint density at radius 3 is 2.56 bits per heavy atom. The molecule has 0 aliphatic rings. The third kappa shape index (κ3) is 4.28. The van der Waals surface area contributed by atoms with Crippen LogP contribution in [0.25, 0.3) is 0 Å². The summed E-state index contributed by atoms with van der Waals surface area (Å²) in [6.45, 7) is 3.38. The van der Waals surface area contributed by atoms with Crippen molar-refractivity contribution in [1.82, 2.24) is 10.9 Å². The molecule has 0 aliphatic heterocycles. The zero-order valence-electron chi connectivity index (χ0n) is 8.60. The lowest BCUT2D eigenvalue weighted by molar-refractivity contribution is -0.117. The number of carbonyl (C=O) groups is 2. The SMILES string of the molecule is C=CC(=O)NNC(=O)OCc1ccccc1. The number of nitrogens with one attached hydrogen (secondary N) is 2. The smallest absolute Gasteiger partial charge is 0.426 e. The fourth-order valence-electron chi connectivity index (χ4n) is 0.923. The first-order valence-electron chi connectivity index (χ1n) is 4.61. The van der Waals surface area contributed by atoms with E-state index in [-0.39, 0.29) is 6.61 Å². The van der Waals surface area contributed by atoms with Gasteiger partial charge in [0.2, 0.25) is 0 Å². The average Bonchev–Trinajstić information content (AvgIpc) is 2.34.